The lowest BCUT2D eigenvalue weighted by molar-refractivity contribution is 0.0952. The normalized spacial score (nSPS) is 11.5. The van der Waals surface area contributed by atoms with Gasteiger partial charge >= 0.3 is 0 Å². The highest BCUT2D eigenvalue weighted by Crippen LogP contribution is 2.23. The molecule has 0 aromatic carbocycles. The number of aliphatic hydroxyl groups excluding tert-OH is 1. The number of halogens is 1. The Hall–Kier alpha value is -1.13. The summed E-state index contributed by atoms with van der Waals surface area (Å²) >= 11 is 6.00. The van der Waals surface area contributed by atoms with E-state index in [9.17, 15) is 4.79 Å². The first kappa shape index (κ1) is 17.9. The quantitative estimate of drug-likeness (QED) is 0.600. The highest BCUT2D eigenvalue weighted by molar-refractivity contribution is 6.29. The predicted octanol–water partition coefficient (Wildman–Crippen LogP) is 3.32. The van der Waals surface area contributed by atoms with E-state index in [0.717, 1.165) is 31.4 Å². The van der Waals surface area contributed by atoms with Gasteiger partial charge < -0.3 is 10.4 Å². The summed E-state index contributed by atoms with van der Waals surface area (Å²) in [6, 6.07) is 3.39. The Morgan fingerprint density at radius 1 is 1.24 bits per heavy atom. The maximum atomic E-state index is 12.1. The first-order valence-corrected chi connectivity index (χ1v) is 7.79. The molecule has 0 unspecified atom stereocenters. The van der Waals surface area contributed by atoms with Crippen molar-refractivity contribution in [3.63, 3.8) is 0 Å². The van der Waals surface area contributed by atoms with Crippen molar-refractivity contribution < 1.29 is 9.90 Å². The van der Waals surface area contributed by atoms with Crippen LogP contribution in [0, 0.1) is 0 Å². The van der Waals surface area contributed by atoms with Gasteiger partial charge in [0.25, 0.3) is 5.91 Å². The number of pyridine rings is 1. The largest absolute Gasteiger partial charge is 0.396 e. The average Bonchev–Trinajstić information content (AvgIpc) is 2.40. The molecule has 0 radical (unpaired) electrons. The fourth-order valence-corrected chi connectivity index (χ4v) is 2.12. The number of hydrogen-bond acceptors (Lipinski definition) is 3. The molecule has 1 heterocycles. The minimum absolute atomic E-state index is 0.119. The Bertz CT molecular complexity index is 470. The van der Waals surface area contributed by atoms with Gasteiger partial charge in [0, 0.05) is 29.8 Å². The molecule has 1 amide bonds. The van der Waals surface area contributed by atoms with Gasteiger partial charge in [-0.25, -0.2) is 4.98 Å². The molecule has 0 saturated carbocycles. The summed E-state index contributed by atoms with van der Waals surface area (Å²) in [5, 5.41) is 11.9. The smallest absolute Gasteiger partial charge is 0.251 e. The van der Waals surface area contributed by atoms with E-state index in [2.05, 4.69) is 10.3 Å². The summed E-state index contributed by atoms with van der Waals surface area (Å²) in [6.07, 6.45) is 3.73. The first-order valence-electron chi connectivity index (χ1n) is 7.41. The standard InChI is InChI=1S/C16H25ClN2O2/c1-16(2,3)13-10-12(11-14(17)19-13)15(21)18-8-6-4-5-7-9-20/h10-11,20H,4-9H2,1-3H3,(H,18,21). The van der Waals surface area contributed by atoms with Gasteiger partial charge in [0.05, 0.1) is 0 Å². The lowest BCUT2D eigenvalue weighted by atomic mass is 9.91. The Kier molecular flexibility index (Phi) is 7.12. The van der Waals surface area contributed by atoms with Crippen molar-refractivity contribution in [1.29, 1.82) is 0 Å². The molecular weight excluding hydrogens is 288 g/mol. The number of aromatic nitrogens is 1. The van der Waals surface area contributed by atoms with Gasteiger partial charge in [-0.15, -0.1) is 0 Å². The van der Waals surface area contributed by atoms with Crippen LogP contribution in [0.15, 0.2) is 12.1 Å². The summed E-state index contributed by atoms with van der Waals surface area (Å²) in [5.74, 6) is -0.119. The third kappa shape index (κ3) is 6.44. The average molecular weight is 313 g/mol. The summed E-state index contributed by atoms with van der Waals surface area (Å²) in [5.41, 5.74) is 1.21. The Balaban J connectivity index is 2.56. The summed E-state index contributed by atoms with van der Waals surface area (Å²) in [6.45, 7) is 6.98. The number of nitrogens with one attached hydrogen (secondary N) is 1. The summed E-state index contributed by atoms with van der Waals surface area (Å²) in [7, 11) is 0. The van der Waals surface area contributed by atoms with Gasteiger partial charge in [-0.1, -0.05) is 45.2 Å². The highest BCUT2D eigenvalue weighted by Gasteiger charge is 2.18. The van der Waals surface area contributed by atoms with Crippen molar-refractivity contribution in [1.82, 2.24) is 10.3 Å². The van der Waals surface area contributed by atoms with Gasteiger partial charge in [0.1, 0.15) is 5.15 Å². The Labute approximate surface area is 131 Å². The van der Waals surface area contributed by atoms with Crippen LogP contribution in [0.4, 0.5) is 0 Å². The van der Waals surface area contributed by atoms with E-state index in [0.29, 0.717) is 17.3 Å². The maximum absolute atomic E-state index is 12.1. The molecule has 21 heavy (non-hydrogen) atoms. The van der Waals surface area contributed by atoms with Crippen molar-refractivity contribution in [2.24, 2.45) is 0 Å². The molecule has 1 rings (SSSR count). The molecular formula is C16H25ClN2O2. The molecule has 0 atom stereocenters. The van der Waals surface area contributed by atoms with Crippen molar-refractivity contribution in [3.8, 4) is 0 Å². The second-order valence-corrected chi connectivity index (χ2v) is 6.59. The van der Waals surface area contributed by atoms with Crippen LogP contribution in [-0.4, -0.2) is 29.1 Å². The van der Waals surface area contributed by atoms with Crippen molar-refractivity contribution >= 4 is 17.5 Å². The molecule has 0 bridgehead atoms. The maximum Gasteiger partial charge on any atom is 0.251 e. The Morgan fingerprint density at radius 3 is 2.52 bits per heavy atom. The predicted molar refractivity (Wildman–Crippen MR) is 85.8 cm³/mol. The van der Waals surface area contributed by atoms with E-state index in [1.54, 1.807) is 12.1 Å². The second kappa shape index (κ2) is 8.35. The van der Waals surface area contributed by atoms with Crippen molar-refractivity contribution in [2.75, 3.05) is 13.2 Å². The minimum atomic E-state index is -0.149. The molecule has 1 aromatic heterocycles. The molecule has 5 heteroatoms. The van der Waals surface area contributed by atoms with Gasteiger partial charge in [0.15, 0.2) is 0 Å². The lowest BCUT2D eigenvalue weighted by Crippen LogP contribution is -2.25. The Morgan fingerprint density at radius 2 is 1.90 bits per heavy atom. The molecule has 1 aromatic rings. The zero-order valence-electron chi connectivity index (χ0n) is 13.1. The van der Waals surface area contributed by atoms with Gasteiger partial charge in [-0.2, -0.15) is 0 Å². The van der Waals surface area contributed by atoms with Gasteiger partial charge in [-0.3, -0.25) is 4.79 Å². The number of nitrogens with zero attached hydrogens (tertiary/aromatic N) is 1. The van der Waals surface area contributed by atoms with Crippen LogP contribution in [0.5, 0.6) is 0 Å². The van der Waals surface area contributed by atoms with Crippen LogP contribution >= 0.6 is 11.6 Å². The monoisotopic (exact) mass is 312 g/mol. The molecule has 0 aliphatic rings. The van der Waals surface area contributed by atoms with Crippen LogP contribution in [0.25, 0.3) is 0 Å². The number of aliphatic hydroxyl groups is 1. The van der Waals surface area contributed by atoms with Crippen LogP contribution < -0.4 is 5.32 Å². The number of carbonyl (C=O) groups is 1. The first-order chi connectivity index (χ1) is 9.84. The number of hydrogen-bond donors (Lipinski definition) is 2. The second-order valence-electron chi connectivity index (χ2n) is 6.21. The zero-order valence-corrected chi connectivity index (χ0v) is 13.8. The highest BCUT2D eigenvalue weighted by atomic mass is 35.5. The molecule has 0 fully saturated rings. The molecule has 2 N–H and O–H groups in total. The van der Waals surface area contributed by atoms with Crippen molar-refractivity contribution in [2.45, 2.75) is 51.9 Å². The molecule has 0 spiro atoms. The number of unbranched alkanes of at least 4 members (excludes halogenated alkanes) is 3. The SMILES string of the molecule is CC(C)(C)c1cc(C(=O)NCCCCCCO)cc(Cl)n1. The van der Waals surface area contributed by atoms with Gasteiger partial charge in [0.2, 0.25) is 0 Å². The third-order valence-electron chi connectivity index (χ3n) is 3.20. The summed E-state index contributed by atoms with van der Waals surface area (Å²) in [4.78, 5) is 16.4. The minimum Gasteiger partial charge on any atom is -0.396 e. The number of amides is 1. The van der Waals surface area contributed by atoms with Crippen LogP contribution in [0.3, 0.4) is 0 Å². The molecule has 118 valence electrons. The topological polar surface area (TPSA) is 62.2 Å². The lowest BCUT2D eigenvalue weighted by Gasteiger charge is -2.18. The zero-order chi connectivity index (χ0) is 15.9. The van der Waals surface area contributed by atoms with E-state index in [1.807, 2.05) is 20.8 Å². The number of carbonyl (C=O) groups excluding carboxylic acids is 1. The molecule has 0 aliphatic carbocycles. The van der Waals surface area contributed by atoms with Crippen molar-refractivity contribution in [3.05, 3.63) is 28.5 Å². The van der Waals surface area contributed by atoms with Crippen LogP contribution in [-0.2, 0) is 5.41 Å². The van der Waals surface area contributed by atoms with E-state index < -0.39 is 0 Å². The van der Waals surface area contributed by atoms with E-state index in [1.165, 1.54) is 0 Å². The van der Waals surface area contributed by atoms with E-state index >= 15 is 0 Å². The fourth-order valence-electron chi connectivity index (χ4n) is 1.91. The van der Waals surface area contributed by atoms with E-state index in [-0.39, 0.29) is 17.9 Å². The molecule has 4 nitrogen and oxygen atoms in total. The molecule has 0 aliphatic heterocycles. The van der Waals surface area contributed by atoms with Crippen LogP contribution in [0.2, 0.25) is 5.15 Å². The summed E-state index contributed by atoms with van der Waals surface area (Å²) < 4.78 is 0. The number of rotatable bonds is 7. The van der Waals surface area contributed by atoms with E-state index in [4.69, 9.17) is 16.7 Å². The fraction of sp³-hybridized carbons (Fsp3) is 0.625. The van der Waals surface area contributed by atoms with Crippen LogP contribution in [0.1, 0.15) is 62.5 Å². The molecule has 0 saturated heterocycles. The third-order valence-corrected chi connectivity index (χ3v) is 3.39. The van der Waals surface area contributed by atoms with Gasteiger partial charge in [-0.05, 0) is 25.0 Å².